The van der Waals surface area contributed by atoms with Crippen LogP contribution < -0.4 is 0 Å². The zero-order chi connectivity index (χ0) is 9.56. The molecule has 0 aromatic rings. The molecule has 1 amide bonds. The number of rotatable bonds is 4. The molecule has 68 valence electrons. The molecule has 0 bridgehead atoms. The van der Waals surface area contributed by atoms with Gasteiger partial charge >= 0.3 is 5.97 Å². The summed E-state index contributed by atoms with van der Waals surface area (Å²) < 4.78 is 0. The standard InChI is InChI=1S/C7H11NO4/c1-8(4-5-9)6(10)2-3-7(11)12/h2-3,9H,4-5H2,1H3,(H,11,12)/b3-2+. The lowest BCUT2D eigenvalue weighted by molar-refractivity contribution is -0.132. The lowest BCUT2D eigenvalue weighted by atomic mass is 10.4. The van der Waals surface area contributed by atoms with Crippen molar-refractivity contribution in [3.8, 4) is 0 Å². The minimum Gasteiger partial charge on any atom is -0.478 e. The van der Waals surface area contributed by atoms with Crippen LogP contribution in [0.4, 0.5) is 0 Å². The van der Waals surface area contributed by atoms with Crippen LogP contribution >= 0.6 is 0 Å². The van der Waals surface area contributed by atoms with Gasteiger partial charge in [0.05, 0.1) is 6.61 Å². The molecule has 0 aliphatic rings. The van der Waals surface area contributed by atoms with E-state index in [1.54, 1.807) is 0 Å². The van der Waals surface area contributed by atoms with E-state index in [0.29, 0.717) is 0 Å². The topological polar surface area (TPSA) is 77.8 Å². The van der Waals surface area contributed by atoms with Gasteiger partial charge in [0.1, 0.15) is 0 Å². The maximum atomic E-state index is 10.9. The van der Waals surface area contributed by atoms with E-state index in [0.717, 1.165) is 12.2 Å². The minimum absolute atomic E-state index is 0.136. The van der Waals surface area contributed by atoms with Gasteiger partial charge < -0.3 is 15.1 Å². The van der Waals surface area contributed by atoms with Crippen molar-refractivity contribution in [1.29, 1.82) is 0 Å². The fraction of sp³-hybridized carbons (Fsp3) is 0.429. The van der Waals surface area contributed by atoms with Gasteiger partial charge in [-0.05, 0) is 0 Å². The number of carbonyl (C=O) groups excluding carboxylic acids is 1. The van der Waals surface area contributed by atoms with Gasteiger partial charge in [-0.2, -0.15) is 0 Å². The van der Waals surface area contributed by atoms with Crippen LogP contribution in [-0.4, -0.2) is 47.2 Å². The number of nitrogens with zero attached hydrogens (tertiary/aromatic N) is 1. The Kier molecular flexibility index (Phi) is 4.71. The fourth-order valence-electron chi connectivity index (χ4n) is 0.530. The first kappa shape index (κ1) is 10.6. The molecule has 0 spiro atoms. The molecular weight excluding hydrogens is 162 g/mol. The number of aliphatic carboxylic acids is 1. The molecule has 5 nitrogen and oxygen atoms in total. The minimum atomic E-state index is -1.17. The summed E-state index contributed by atoms with van der Waals surface area (Å²) in [4.78, 5) is 22.1. The Hall–Kier alpha value is -1.36. The van der Waals surface area contributed by atoms with Crippen molar-refractivity contribution < 1.29 is 19.8 Å². The second-order valence-corrected chi connectivity index (χ2v) is 2.15. The molecule has 0 aromatic heterocycles. The van der Waals surface area contributed by atoms with E-state index in [-0.39, 0.29) is 13.2 Å². The molecule has 0 fully saturated rings. The lowest BCUT2D eigenvalue weighted by Gasteiger charge is -2.11. The molecule has 0 aliphatic carbocycles. The predicted octanol–water partition coefficient (Wildman–Crippen LogP) is -0.922. The van der Waals surface area contributed by atoms with Crippen molar-refractivity contribution >= 4 is 11.9 Å². The predicted molar refractivity (Wildman–Crippen MR) is 41.5 cm³/mol. The van der Waals surface area contributed by atoms with Crippen LogP contribution in [-0.2, 0) is 9.59 Å². The van der Waals surface area contributed by atoms with E-state index in [9.17, 15) is 9.59 Å². The number of hydrogen-bond acceptors (Lipinski definition) is 3. The normalized spacial score (nSPS) is 10.2. The van der Waals surface area contributed by atoms with Crippen LogP contribution in [0, 0.1) is 0 Å². The number of carboxylic acid groups (broad SMARTS) is 1. The van der Waals surface area contributed by atoms with Crippen molar-refractivity contribution in [3.05, 3.63) is 12.2 Å². The first-order valence-corrected chi connectivity index (χ1v) is 3.35. The van der Waals surface area contributed by atoms with Crippen molar-refractivity contribution in [1.82, 2.24) is 4.90 Å². The number of aliphatic hydroxyl groups is 1. The summed E-state index contributed by atoms with van der Waals surface area (Å²) in [6.45, 7) is 0.0615. The molecule has 0 aromatic carbocycles. The molecular formula is C7H11NO4. The average molecular weight is 173 g/mol. The zero-order valence-electron chi connectivity index (χ0n) is 6.73. The van der Waals surface area contributed by atoms with Gasteiger partial charge in [0.25, 0.3) is 0 Å². The molecule has 2 N–H and O–H groups in total. The third kappa shape index (κ3) is 4.45. The van der Waals surface area contributed by atoms with Gasteiger partial charge in [-0.1, -0.05) is 0 Å². The van der Waals surface area contributed by atoms with E-state index in [1.165, 1.54) is 11.9 Å². The maximum Gasteiger partial charge on any atom is 0.328 e. The average Bonchev–Trinajstić information content (AvgIpc) is 2.00. The second kappa shape index (κ2) is 5.31. The maximum absolute atomic E-state index is 10.9. The van der Waals surface area contributed by atoms with Crippen LogP contribution in [0.3, 0.4) is 0 Å². The summed E-state index contributed by atoms with van der Waals surface area (Å²) in [6, 6.07) is 0. The number of hydrogen-bond donors (Lipinski definition) is 2. The molecule has 0 saturated heterocycles. The Morgan fingerprint density at radius 1 is 1.42 bits per heavy atom. The Morgan fingerprint density at radius 2 is 2.00 bits per heavy atom. The molecule has 0 aliphatic heterocycles. The zero-order valence-corrected chi connectivity index (χ0v) is 6.73. The molecule has 0 heterocycles. The monoisotopic (exact) mass is 173 g/mol. The summed E-state index contributed by atoms with van der Waals surface area (Å²) in [5, 5.41) is 16.6. The highest BCUT2D eigenvalue weighted by molar-refractivity contribution is 5.93. The van der Waals surface area contributed by atoms with Gasteiger partial charge in [-0.3, -0.25) is 4.79 Å². The molecule has 0 unspecified atom stereocenters. The van der Waals surface area contributed by atoms with Crippen LogP contribution in [0.15, 0.2) is 12.2 Å². The highest BCUT2D eigenvalue weighted by atomic mass is 16.4. The molecule has 0 radical (unpaired) electrons. The highest BCUT2D eigenvalue weighted by Crippen LogP contribution is 1.85. The SMILES string of the molecule is CN(CCO)C(=O)/C=C/C(=O)O. The fourth-order valence-corrected chi connectivity index (χ4v) is 0.530. The van der Waals surface area contributed by atoms with E-state index < -0.39 is 11.9 Å². The van der Waals surface area contributed by atoms with Crippen molar-refractivity contribution in [2.45, 2.75) is 0 Å². The van der Waals surface area contributed by atoms with Crippen LogP contribution in [0.2, 0.25) is 0 Å². The van der Waals surface area contributed by atoms with Gasteiger partial charge in [0.15, 0.2) is 0 Å². The first-order valence-electron chi connectivity index (χ1n) is 3.35. The number of aliphatic hydroxyl groups excluding tert-OH is 1. The van der Waals surface area contributed by atoms with E-state index in [4.69, 9.17) is 10.2 Å². The van der Waals surface area contributed by atoms with Crippen LogP contribution in [0.25, 0.3) is 0 Å². The van der Waals surface area contributed by atoms with Gasteiger partial charge in [-0.15, -0.1) is 0 Å². The second-order valence-electron chi connectivity index (χ2n) is 2.15. The Labute approximate surface area is 69.9 Å². The molecule has 0 saturated carbocycles. The smallest absolute Gasteiger partial charge is 0.328 e. The highest BCUT2D eigenvalue weighted by Gasteiger charge is 2.02. The summed E-state index contributed by atoms with van der Waals surface area (Å²) in [7, 11) is 1.48. The van der Waals surface area contributed by atoms with Crippen molar-refractivity contribution in [2.75, 3.05) is 20.2 Å². The number of carbonyl (C=O) groups is 2. The molecule has 5 heteroatoms. The molecule has 0 atom stereocenters. The van der Waals surface area contributed by atoms with Gasteiger partial charge in [0.2, 0.25) is 5.91 Å². The van der Waals surface area contributed by atoms with Gasteiger partial charge in [-0.25, -0.2) is 4.79 Å². The van der Waals surface area contributed by atoms with Crippen LogP contribution in [0.5, 0.6) is 0 Å². The third-order valence-electron chi connectivity index (χ3n) is 1.18. The van der Waals surface area contributed by atoms with E-state index in [1.807, 2.05) is 0 Å². The van der Waals surface area contributed by atoms with Crippen molar-refractivity contribution in [3.63, 3.8) is 0 Å². The largest absolute Gasteiger partial charge is 0.478 e. The van der Waals surface area contributed by atoms with Gasteiger partial charge in [0, 0.05) is 25.7 Å². The van der Waals surface area contributed by atoms with Crippen LogP contribution in [0.1, 0.15) is 0 Å². The summed E-state index contributed by atoms with van der Waals surface area (Å²) in [5.74, 6) is -1.60. The number of amides is 1. The Balaban J connectivity index is 3.94. The third-order valence-corrected chi connectivity index (χ3v) is 1.18. The summed E-state index contributed by atoms with van der Waals surface area (Å²) >= 11 is 0. The number of likely N-dealkylation sites (N-methyl/N-ethyl adjacent to an activating group) is 1. The van der Waals surface area contributed by atoms with E-state index >= 15 is 0 Å². The van der Waals surface area contributed by atoms with Crippen molar-refractivity contribution in [2.24, 2.45) is 0 Å². The van der Waals surface area contributed by atoms with E-state index in [2.05, 4.69) is 0 Å². The first-order chi connectivity index (χ1) is 5.57. The Bertz CT molecular complexity index is 200. The molecule has 12 heavy (non-hydrogen) atoms. The number of carboxylic acids is 1. The quantitative estimate of drug-likeness (QED) is 0.539. The molecule has 0 rings (SSSR count). The summed E-state index contributed by atoms with van der Waals surface area (Å²) in [6.07, 6.45) is 1.70. The Morgan fingerprint density at radius 3 is 2.42 bits per heavy atom. The summed E-state index contributed by atoms with van der Waals surface area (Å²) in [5.41, 5.74) is 0. The lowest BCUT2D eigenvalue weighted by Crippen LogP contribution is -2.27.